The number of hydrogen-bond donors (Lipinski definition) is 1. The molecule has 3 nitrogen and oxygen atoms in total. The molecule has 18 heavy (non-hydrogen) atoms. The Balaban J connectivity index is 2.08. The van der Waals surface area contributed by atoms with E-state index in [1.807, 2.05) is 13.0 Å². The molecule has 1 aliphatic heterocycles. The van der Waals surface area contributed by atoms with Crippen LogP contribution in [0, 0.1) is 23.1 Å². The lowest BCUT2D eigenvalue weighted by Gasteiger charge is -2.34. The van der Waals surface area contributed by atoms with Crippen LogP contribution in [0.2, 0.25) is 0 Å². The van der Waals surface area contributed by atoms with Gasteiger partial charge >= 0.3 is 0 Å². The zero-order valence-electron chi connectivity index (χ0n) is 10.4. The van der Waals surface area contributed by atoms with Crippen LogP contribution in [0.25, 0.3) is 0 Å². The molecule has 1 aromatic rings. The van der Waals surface area contributed by atoms with E-state index in [0.29, 0.717) is 24.6 Å². The fraction of sp³-hybridized carbons (Fsp3) is 0.500. The first kappa shape index (κ1) is 13.0. The zero-order chi connectivity index (χ0) is 13.1. The summed E-state index contributed by atoms with van der Waals surface area (Å²) < 4.78 is 13.0. The molecule has 1 heterocycles. The van der Waals surface area contributed by atoms with Gasteiger partial charge in [0.2, 0.25) is 0 Å². The predicted molar refractivity (Wildman–Crippen MR) is 66.2 cm³/mol. The Morgan fingerprint density at radius 3 is 3.00 bits per heavy atom. The summed E-state index contributed by atoms with van der Waals surface area (Å²) in [5, 5.41) is 18.8. The van der Waals surface area contributed by atoms with Gasteiger partial charge in [0.1, 0.15) is 5.82 Å². The lowest BCUT2D eigenvalue weighted by molar-refractivity contribution is 0.0259. The molecule has 1 N–H and O–H groups in total. The van der Waals surface area contributed by atoms with Crippen molar-refractivity contribution in [1.29, 1.82) is 5.26 Å². The number of likely N-dealkylation sites (tertiary alicyclic amines) is 1. The molecule has 96 valence electrons. The maximum Gasteiger partial charge on any atom is 0.124 e. The Labute approximate surface area is 106 Å². The quantitative estimate of drug-likeness (QED) is 0.869. The molecule has 0 aromatic heterocycles. The van der Waals surface area contributed by atoms with Crippen molar-refractivity contribution in [3.8, 4) is 6.07 Å². The van der Waals surface area contributed by atoms with Gasteiger partial charge in [0.15, 0.2) is 0 Å². The lowest BCUT2D eigenvalue weighted by Crippen LogP contribution is -2.42. The van der Waals surface area contributed by atoms with Crippen LogP contribution in [-0.2, 0) is 6.54 Å². The van der Waals surface area contributed by atoms with Crippen LogP contribution in [0.4, 0.5) is 4.39 Å². The number of nitrogens with zero attached hydrogens (tertiary/aromatic N) is 2. The van der Waals surface area contributed by atoms with Gasteiger partial charge < -0.3 is 5.11 Å². The lowest BCUT2D eigenvalue weighted by atomic mass is 9.95. The summed E-state index contributed by atoms with van der Waals surface area (Å²) in [7, 11) is 0. The molecule has 0 amide bonds. The standard InChI is InChI=1S/C14H17FN2O/c1-10-4-5-17(9-14(10)18)8-11-2-3-13(15)6-12(11)7-16/h2-3,6,10,14,18H,4-5,8-9H2,1H3. The Morgan fingerprint density at radius 1 is 1.56 bits per heavy atom. The van der Waals surface area contributed by atoms with Gasteiger partial charge in [-0.05, 0) is 36.6 Å². The number of aliphatic hydroxyl groups excluding tert-OH is 1. The van der Waals surface area contributed by atoms with Crippen molar-refractivity contribution < 1.29 is 9.50 Å². The van der Waals surface area contributed by atoms with E-state index < -0.39 is 0 Å². The van der Waals surface area contributed by atoms with E-state index in [1.54, 1.807) is 6.07 Å². The van der Waals surface area contributed by atoms with E-state index in [0.717, 1.165) is 18.5 Å². The van der Waals surface area contributed by atoms with Crippen LogP contribution >= 0.6 is 0 Å². The van der Waals surface area contributed by atoms with Crippen LogP contribution in [0.5, 0.6) is 0 Å². The summed E-state index contributed by atoms with van der Waals surface area (Å²) in [6.45, 7) is 4.15. The van der Waals surface area contributed by atoms with Crippen LogP contribution in [-0.4, -0.2) is 29.2 Å². The Bertz CT molecular complexity index is 469. The van der Waals surface area contributed by atoms with Crippen molar-refractivity contribution in [2.75, 3.05) is 13.1 Å². The fourth-order valence-corrected chi connectivity index (χ4v) is 2.29. The molecule has 1 aliphatic rings. The molecular weight excluding hydrogens is 231 g/mol. The van der Waals surface area contributed by atoms with Crippen LogP contribution in [0.1, 0.15) is 24.5 Å². The van der Waals surface area contributed by atoms with Gasteiger partial charge in [-0.25, -0.2) is 4.39 Å². The highest BCUT2D eigenvalue weighted by atomic mass is 19.1. The minimum atomic E-state index is -0.386. The molecule has 2 unspecified atom stereocenters. The van der Waals surface area contributed by atoms with Crippen molar-refractivity contribution in [3.05, 3.63) is 35.1 Å². The van der Waals surface area contributed by atoms with E-state index >= 15 is 0 Å². The predicted octanol–water partition coefficient (Wildman–Crippen LogP) is 1.90. The number of benzene rings is 1. The first-order valence-corrected chi connectivity index (χ1v) is 6.19. The molecule has 0 spiro atoms. The SMILES string of the molecule is CC1CCN(Cc2ccc(F)cc2C#N)CC1O. The highest BCUT2D eigenvalue weighted by molar-refractivity contribution is 5.37. The Hall–Kier alpha value is -1.44. The first-order chi connectivity index (χ1) is 8.60. The maximum atomic E-state index is 13.0. The molecule has 0 saturated carbocycles. The first-order valence-electron chi connectivity index (χ1n) is 6.19. The molecule has 1 aromatic carbocycles. The summed E-state index contributed by atoms with van der Waals surface area (Å²) in [6.07, 6.45) is 0.634. The highest BCUT2D eigenvalue weighted by Crippen LogP contribution is 2.20. The third-order valence-corrected chi connectivity index (χ3v) is 3.59. The fourth-order valence-electron chi connectivity index (χ4n) is 2.29. The largest absolute Gasteiger partial charge is 0.392 e. The summed E-state index contributed by atoms with van der Waals surface area (Å²) >= 11 is 0. The Kier molecular flexibility index (Phi) is 3.95. The van der Waals surface area contributed by atoms with E-state index in [9.17, 15) is 9.50 Å². The van der Waals surface area contributed by atoms with E-state index in [4.69, 9.17) is 5.26 Å². The van der Waals surface area contributed by atoms with Crippen molar-refractivity contribution >= 4 is 0 Å². The second-order valence-corrected chi connectivity index (χ2v) is 4.98. The van der Waals surface area contributed by atoms with Gasteiger partial charge in [0.25, 0.3) is 0 Å². The minimum absolute atomic E-state index is 0.315. The number of halogens is 1. The third kappa shape index (κ3) is 2.87. The number of hydrogen-bond acceptors (Lipinski definition) is 3. The average Bonchev–Trinajstić information content (AvgIpc) is 2.36. The zero-order valence-corrected chi connectivity index (χ0v) is 10.4. The average molecular weight is 248 g/mol. The summed E-state index contributed by atoms with van der Waals surface area (Å²) in [5.41, 5.74) is 1.20. The summed E-state index contributed by atoms with van der Waals surface area (Å²) in [6, 6.07) is 6.30. The van der Waals surface area contributed by atoms with Gasteiger partial charge in [-0.1, -0.05) is 13.0 Å². The molecule has 2 atom stereocenters. The molecule has 0 aliphatic carbocycles. The molecule has 0 bridgehead atoms. The number of nitriles is 1. The minimum Gasteiger partial charge on any atom is -0.392 e. The maximum absolute atomic E-state index is 13.0. The Morgan fingerprint density at radius 2 is 2.33 bits per heavy atom. The number of aliphatic hydroxyl groups is 1. The molecule has 1 saturated heterocycles. The topological polar surface area (TPSA) is 47.3 Å². The summed E-state index contributed by atoms with van der Waals surface area (Å²) in [5.74, 6) is -0.0625. The monoisotopic (exact) mass is 248 g/mol. The van der Waals surface area contributed by atoms with Crippen LogP contribution < -0.4 is 0 Å². The molecule has 1 fully saturated rings. The van der Waals surface area contributed by atoms with Gasteiger partial charge in [-0.3, -0.25) is 4.90 Å². The van der Waals surface area contributed by atoms with Crippen LogP contribution in [0.3, 0.4) is 0 Å². The van der Waals surface area contributed by atoms with E-state index in [1.165, 1.54) is 12.1 Å². The van der Waals surface area contributed by atoms with Crippen LogP contribution in [0.15, 0.2) is 18.2 Å². The normalized spacial score (nSPS) is 24.8. The van der Waals surface area contributed by atoms with Gasteiger partial charge in [0.05, 0.1) is 17.7 Å². The van der Waals surface area contributed by atoms with Crippen molar-refractivity contribution in [3.63, 3.8) is 0 Å². The van der Waals surface area contributed by atoms with Gasteiger partial charge in [0, 0.05) is 13.1 Å². The number of β-amino-alcohol motifs (C(OH)–C–C–N with tert-alkyl or cyclic N) is 1. The number of piperidine rings is 1. The van der Waals surface area contributed by atoms with Gasteiger partial charge in [-0.15, -0.1) is 0 Å². The number of rotatable bonds is 2. The summed E-state index contributed by atoms with van der Waals surface area (Å²) in [4.78, 5) is 2.11. The second-order valence-electron chi connectivity index (χ2n) is 4.98. The van der Waals surface area contributed by atoms with E-state index in [-0.39, 0.29) is 11.9 Å². The molecular formula is C14H17FN2O. The van der Waals surface area contributed by atoms with Crippen molar-refractivity contribution in [2.45, 2.75) is 26.0 Å². The molecule has 4 heteroatoms. The van der Waals surface area contributed by atoms with Crippen molar-refractivity contribution in [1.82, 2.24) is 4.90 Å². The third-order valence-electron chi connectivity index (χ3n) is 3.59. The highest BCUT2D eigenvalue weighted by Gasteiger charge is 2.24. The molecule has 0 radical (unpaired) electrons. The smallest absolute Gasteiger partial charge is 0.124 e. The van der Waals surface area contributed by atoms with E-state index in [2.05, 4.69) is 4.90 Å². The molecule has 2 rings (SSSR count). The second kappa shape index (κ2) is 5.47. The van der Waals surface area contributed by atoms with Crippen molar-refractivity contribution in [2.24, 2.45) is 5.92 Å². The van der Waals surface area contributed by atoms with Gasteiger partial charge in [-0.2, -0.15) is 5.26 Å².